The quantitative estimate of drug-likeness (QED) is 0.508. The molecule has 0 bridgehead atoms. The van der Waals surface area contributed by atoms with Gasteiger partial charge in [-0.05, 0) is 36.4 Å². The molecule has 0 aliphatic carbocycles. The second-order valence-electron chi connectivity index (χ2n) is 6.72. The molecule has 30 heavy (non-hydrogen) atoms. The van der Waals surface area contributed by atoms with Crippen LogP contribution in [0.5, 0.6) is 0 Å². The number of piperazine rings is 1. The summed E-state index contributed by atoms with van der Waals surface area (Å²) >= 11 is 0. The number of carbonyl (C=O) groups is 1. The van der Waals surface area contributed by atoms with Crippen molar-refractivity contribution in [1.82, 2.24) is 20.1 Å². The predicted molar refractivity (Wildman–Crippen MR) is 111 cm³/mol. The zero-order valence-electron chi connectivity index (χ0n) is 16.0. The largest absolute Gasteiger partial charge is 0.352 e. The first-order valence-electron chi connectivity index (χ1n) is 9.39. The highest BCUT2D eigenvalue weighted by atomic mass is 16.6. The summed E-state index contributed by atoms with van der Waals surface area (Å²) in [6, 6.07) is 13.1. The SMILES string of the molecule is O=C(c1ccc([N+](=O)[O-])cc1)N1CCN(c2ccc(Nc3ccncc3)nn2)CC1. The lowest BCUT2D eigenvalue weighted by atomic mass is 10.1. The van der Waals surface area contributed by atoms with Crippen molar-refractivity contribution >= 4 is 28.9 Å². The van der Waals surface area contributed by atoms with Crippen molar-refractivity contribution < 1.29 is 9.72 Å². The van der Waals surface area contributed by atoms with Gasteiger partial charge in [-0.25, -0.2) is 0 Å². The molecule has 1 aromatic carbocycles. The van der Waals surface area contributed by atoms with Crippen LogP contribution in [-0.4, -0.2) is 57.1 Å². The summed E-state index contributed by atoms with van der Waals surface area (Å²) in [7, 11) is 0. The third-order valence-corrected chi connectivity index (χ3v) is 4.82. The van der Waals surface area contributed by atoms with Crippen LogP contribution in [0.3, 0.4) is 0 Å². The molecule has 10 heteroatoms. The molecule has 1 aliphatic heterocycles. The fraction of sp³-hybridized carbons (Fsp3) is 0.200. The molecule has 0 saturated carbocycles. The van der Waals surface area contributed by atoms with E-state index in [2.05, 4.69) is 25.4 Å². The van der Waals surface area contributed by atoms with Crippen molar-refractivity contribution in [2.45, 2.75) is 0 Å². The first-order chi connectivity index (χ1) is 14.6. The van der Waals surface area contributed by atoms with Crippen LogP contribution < -0.4 is 10.2 Å². The van der Waals surface area contributed by atoms with Crippen molar-refractivity contribution in [3.8, 4) is 0 Å². The molecule has 0 unspecified atom stereocenters. The van der Waals surface area contributed by atoms with Gasteiger partial charge in [0.1, 0.15) is 0 Å². The van der Waals surface area contributed by atoms with E-state index in [0.717, 1.165) is 11.5 Å². The molecule has 1 aliphatic rings. The minimum atomic E-state index is -0.480. The van der Waals surface area contributed by atoms with Gasteiger partial charge in [0, 0.05) is 62.0 Å². The fourth-order valence-corrected chi connectivity index (χ4v) is 3.19. The molecular weight excluding hydrogens is 386 g/mol. The van der Waals surface area contributed by atoms with E-state index in [1.165, 1.54) is 24.3 Å². The number of nitrogens with one attached hydrogen (secondary N) is 1. The van der Waals surface area contributed by atoms with Gasteiger partial charge < -0.3 is 15.1 Å². The number of anilines is 3. The number of nitrogens with zero attached hydrogens (tertiary/aromatic N) is 6. The maximum atomic E-state index is 12.6. The summed E-state index contributed by atoms with van der Waals surface area (Å²) in [4.78, 5) is 30.7. The van der Waals surface area contributed by atoms with Crippen molar-refractivity contribution in [1.29, 1.82) is 0 Å². The molecule has 0 spiro atoms. The van der Waals surface area contributed by atoms with Gasteiger partial charge in [0.25, 0.3) is 11.6 Å². The molecule has 2 aromatic heterocycles. The highest BCUT2D eigenvalue weighted by molar-refractivity contribution is 5.94. The second kappa shape index (κ2) is 8.52. The smallest absolute Gasteiger partial charge is 0.269 e. The Bertz CT molecular complexity index is 1020. The molecule has 1 N–H and O–H groups in total. The molecule has 10 nitrogen and oxygen atoms in total. The van der Waals surface area contributed by atoms with E-state index in [0.29, 0.717) is 37.6 Å². The molecule has 1 saturated heterocycles. The summed E-state index contributed by atoms with van der Waals surface area (Å²) in [6.07, 6.45) is 3.39. The van der Waals surface area contributed by atoms with Crippen LogP contribution in [0.15, 0.2) is 60.9 Å². The number of rotatable bonds is 5. The summed E-state index contributed by atoms with van der Waals surface area (Å²) in [5.74, 6) is 1.25. The molecule has 152 valence electrons. The Morgan fingerprint density at radius 3 is 2.23 bits per heavy atom. The van der Waals surface area contributed by atoms with E-state index in [1.54, 1.807) is 17.3 Å². The van der Waals surface area contributed by atoms with Crippen molar-refractivity contribution in [2.24, 2.45) is 0 Å². The summed E-state index contributed by atoms with van der Waals surface area (Å²) in [5, 5.41) is 22.4. The average Bonchev–Trinajstić information content (AvgIpc) is 2.80. The zero-order valence-corrected chi connectivity index (χ0v) is 16.0. The molecular formula is C20H19N7O3. The lowest BCUT2D eigenvalue weighted by molar-refractivity contribution is -0.384. The standard InChI is InChI=1S/C20H19N7O3/c28-20(15-1-3-17(4-2-15)27(29)30)26-13-11-25(12-14-26)19-6-5-18(23-24-19)22-16-7-9-21-10-8-16/h1-10H,11-14H2,(H,21,22,23). The minimum Gasteiger partial charge on any atom is -0.352 e. The number of nitro benzene ring substituents is 1. The maximum Gasteiger partial charge on any atom is 0.269 e. The number of carbonyl (C=O) groups excluding carboxylic acids is 1. The normalized spacial score (nSPS) is 13.7. The number of pyridine rings is 1. The van der Waals surface area contributed by atoms with E-state index >= 15 is 0 Å². The van der Waals surface area contributed by atoms with Crippen LogP contribution >= 0.6 is 0 Å². The van der Waals surface area contributed by atoms with Gasteiger partial charge in [-0.2, -0.15) is 0 Å². The van der Waals surface area contributed by atoms with Crippen LogP contribution in [0.2, 0.25) is 0 Å². The monoisotopic (exact) mass is 405 g/mol. The predicted octanol–water partition coefficient (Wildman–Crippen LogP) is 2.49. The van der Waals surface area contributed by atoms with Gasteiger partial charge in [0.05, 0.1) is 4.92 Å². The average molecular weight is 405 g/mol. The van der Waals surface area contributed by atoms with Gasteiger partial charge in [0.15, 0.2) is 11.6 Å². The van der Waals surface area contributed by atoms with Crippen LogP contribution in [-0.2, 0) is 0 Å². The number of nitro groups is 1. The summed E-state index contributed by atoms with van der Waals surface area (Å²) in [5.41, 5.74) is 1.29. The summed E-state index contributed by atoms with van der Waals surface area (Å²) in [6.45, 7) is 2.33. The van der Waals surface area contributed by atoms with Gasteiger partial charge in [-0.3, -0.25) is 19.9 Å². The van der Waals surface area contributed by atoms with Crippen LogP contribution in [0.4, 0.5) is 23.0 Å². The highest BCUT2D eigenvalue weighted by Gasteiger charge is 2.23. The van der Waals surface area contributed by atoms with Crippen LogP contribution in [0.1, 0.15) is 10.4 Å². The van der Waals surface area contributed by atoms with Crippen molar-refractivity contribution in [3.05, 3.63) is 76.6 Å². The number of amides is 1. The maximum absolute atomic E-state index is 12.6. The Morgan fingerprint density at radius 1 is 0.933 bits per heavy atom. The van der Waals surface area contributed by atoms with E-state index in [9.17, 15) is 14.9 Å². The first kappa shape index (κ1) is 19.2. The van der Waals surface area contributed by atoms with E-state index < -0.39 is 4.92 Å². The number of benzene rings is 1. The molecule has 1 amide bonds. The van der Waals surface area contributed by atoms with E-state index in [1.807, 2.05) is 24.3 Å². The molecule has 3 aromatic rings. The Kier molecular flexibility index (Phi) is 5.46. The number of hydrogen-bond donors (Lipinski definition) is 1. The van der Waals surface area contributed by atoms with Gasteiger partial charge >= 0.3 is 0 Å². The Hall–Kier alpha value is -4.08. The Balaban J connectivity index is 1.33. The minimum absolute atomic E-state index is 0.0307. The Labute approximate surface area is 172 Å². The van der Waals surface area contributed by atoms with Crippen LogP contribution in [0, 0.1) is 10.1 Å². The van der Waals surface area contributed by atoms with Gasteiger partial charge in [-0.15, -0.1) is 10.2 Å². The lowest BCUT2D eigenvalue weighted by Gasteiger charge is -2.35. The number of aromatic nitrogens is 3. The zero-order chi connectivity index (χ0) is 20.9. The Morgan fingerprint density at radius 2 is 1.63 bits per heavy atom. The lowest BCUT2D eigenvalue weighted by Crippen LogP contribution is -2.49. The van der Waals surface area contributed by atoms with E-state index in [4.69, 9.17) is 0 Å². The third-order valence-electron chi connectivity index (χ3n) is 4.82. The van der Waals surface area contributed by atoms with Crippen molar-refractivity contribution in [3.63, 3.8) is 0 Å². The summed E-state index contributed by atoms with van der Waals surface area (Å²) < 4.78 is 0. The highest BCUT2D eigenvalue weighted by Crippen LogP contribution is 2.19. The first-order valence-corrected chi connectivity index (χ1v) is 9.39. The molecule has 0 radical (unpaired) electrons. The number of hydrogen-bond acceptors (Lipinski definition) is 8. The van der Waals surface area contributed by atoms with Crippen LogP contribution in [0.25, 0.3) is 0 Å². The molecule has 3 heterocycles. The molecule has 1 fully saturated rings. The third kappa shape index (κ3) is 4.32. The van der Waals surface area contributed by atoms with Crippen molar-refractivity contribution in [2.75, 3.05) is 36.4 Å². The van der Waals surface area contributed by atoms with Gasteiger partial charge in [0.2, 0.25) is 0 Å². The fourth-order valence-electron chi connectivity index (χ4n) is 3.19. The second-order valence-corrected chi connectivity index (χ2v) is 6.72. The molecule has 4 rings (SSSR count). The van der Waals surface area contributed by atoms with Gasteiger partial charge in [-0.1, -0.05) is 0 Å². The van der Waals surface area contributed by atoms with E-state index in [-0.39, 0.29) is 11.6 Å². The topological polar surface area (TPSA) is 117 Å². The number of non-ortho nitro benzene ring substituents is 1. The molecule has 0 atom stereocenters.